The zero-order chi connectivity index (χ0) is 17.7. The van der Waals surface area contributed by atoms with Crippen LogP contribution in [-0.4, -0.2) is 37.6 Å². The largest absolute Gasteiger partial charge is 0.466 e. The van der Waals surface area contributed by atoms with Crippen molar-refractivity contribution in [3.63, 3.8) is 0 Å². The van der Waals surface area contributed by atoms with E-state index in [4.69, 9.17) is 16.3 Å². The van der Waals surface area contributed by atoms with Crippen LogP contribution in [0.4, 0.5) is 5.69 Å². The zero-order valence-electron chi connectivity index (χ0n) is 14.5. The van der Waals surface area contributed by atoms with E-state index >= 15 is 0 Å². The molecule has 0 saturated carbocycles. The standard InChI is InChI=1S/C18H25ClN2O3/c1-4-24-18(23)14-7-6-10-21(11-14)13(3)17(22)20-16-9-5-8-15(19)12(16)2/h5,8-9,13-14H,4,6-7,10-11H2,1-3H3,(H,20,22)/p+1/t13-,14+/m0/s1. The molecule has 1 aliphatic heterocycles. The van der Waals surface area contributed by atoms with E-state index in [0.717, 1.165) is 35.5 Å². The highest BCUT2D eigenvalue weighted by Gasteiger charge is 2.35. The van der Waals surface area contributed by atoms with Crippen LogP contribution in [0.3, 0.4) is 0 Å². The molecule has 0 radical (unpaired) electrons. The second kappa shape index (κ2) is 8.49. The Bertz CT molecular complexity index is 606. The summed E-state index contributed by atoms with van der Waals surface area (Å²) in [5, 5.41) is 3.59. The normalized spacial score (nSPS) is 21.8. The van der Waals surface area contributed by atoms with Crippen molar-refractivity contribution in [2.75, 3.05) is 25.0 Å². The van der Waals surface area contributed by atoms with Gasteiger partial charge in [0.15, 0.2) is 6.04 Å². The molecule has 3 atom stereocenters. The van der Waals surface area contributed by atoms with Gasteiger partial charge in [-0.05, 0) is 51.3 Å². The van der Waals surface area contributed by atoms with E-state index in [0.29, 0.717) is 18.2 Å². The molecule has 1 amide bonds. The van der Waals surface area contributed by atoms with Gasteiger partial charge in [-0.1, -0.05) is 17.7 Å². The molecule has 0 aromatic heterocycles. The SMILES string of the molecule is CCOC(=O)[C@@H]1CCC[NH+]([C@@H](C)C(=O)Nc2cccc(Cl)c2C)C1. The van der Waals surface area contributed by atoms with Gasteiger partial charge in [-0.25, -0.2) is 0 Å². The second-order valence-electron chi connectivity index (χ2n) is 6.33. The molecule has 1 aliphatic rings. The van der Waals surface area contributed by atoms with Gasteiger partial charge in [-0.2, -0.15) is 0 Å². The number of nitrogens with one attached hydrogen (secondary N) is 2. The summed E-state index contributed by atoms with van der Waals surface area (Å²) in [6, 6.07) is 5.23. The fourth-order valence-electron chi connectivity index (χ4n) is 3.12. The molecule has 0 aliphatic carbocycles. The first-order chi connectivity index (χ1) is 11.4. The molecular weight excluding hydrogens is 328 g/mol. The van der Waals surface area contributed by atoms with Crippen molar-refractivity contribution in [2.45, 2.75) is 39.7 Å². The third-order valence-corrected chi connectivity index (χ3v) is 5.12. The van der Waals surface area contributed by atoms with Gasteiger partial charge in [0.05, 0.1) is 19.7 Å². The molecule has 0 bridgehead atoms. The van der Waals surface area contributed by atoms with Gasteiger partial charge in [-0.15, -0.1) is 0 Å². The number of ether oxygens (including phenoxy) is 1. The molecule has 0 spiro atoms. The van der Waals surface area contributed by atoms with Crippen molar-refractivity contribution in [3.05, 3.63) is 28.8 Å². The Hall–Kier alpha value is -1.59. The Kier molecular flexibility index (Phi) is 6.63. The Labute approximate surface area is 148 Å². The van der Waals surface area contributed by atoms with Crippen LogP contribution in [0.15, 0.2) is 18.2 Å². The van der Waals surface area contributed by atoms with Gasteiger partial charge >= 0.3 is 5.97 Å². The van der Waals surface area contributed by atoms with E-state index in [1.54, 1.807) is 6.07 Å². The lowest BCUT2D eigenvalue weighted by Crippen LogP contribution is -3.18. The summed E-state index contributed by atoms with van der Waals surface area (Å²) in [5.74, 6) is -0.315. The third kappa shape index (κ3) is 4.48. The number of carbonyl (C=O) groups is 2. The van der Waals surface area contributed by atoms with E-state index in [1.807, 2.05) is 32.9 Å². The summed E-state index contributed by atoms with van der Waals surface area (Å²) in [5.41, 5.74) is 1.59. The molecule has 1 fully saturated rings. The van der Waals surface area contributed by atoms with Gasteiger partial charge in [0.25, 0.3) is 5.91 Å². The predicted molar refractivity (Wildman–Crippen MR) is 94.3 cm³/mol. The van der Waals surface area contributed by atoms with Crippen molar-refractivity contribution < 1.29 is 19.2 Å². The highest BCUT2D eigenvalue weighted by atomic mass is 35.5. The number of carbonyl (C=O) groups excluding carboxylic acids is 2. The number of amides is 1. The lowest BCUT2D eigenvalue weighted by molar-refractivity contribution is -0.921. The molecule has 2 rings (SSSR count). The Morgan fingerprint density at radius 3 is 2.92 bits per heavy atom. The average molecular weight is 354 g/mol. The van der Waals surface area contributed by atoms with E-state index in [9.17, 15) is 9.59 Å². The number of esters is 1. The molecule has 1 unspecified atom stereocenters. The number of quaternary nitrogens is 1. The maximum absolute atomic E-state index is 12.6. The van der Waals surface area contributed by atoms with Crippen LogP contribution < -0.4 is 10.2 Å². The van der Waals surface area contributed by atoms with Gasteiger partial charge in [0, 0.05) is 10.7 Å². The summed E-state index contributed by atoms with van der Waals surface area (Å²) >= 11 is 6.10. The monoisotopic (exact) mass is 353 g/mol. The minimum atomic E-state index is -0.236. The topological polar surface area (TPSA) is 59.8 Å². The maximum atomic E-state index is 12.6. The van der Waals surface area contributed by atoms with Crippen molar-refractivity contribution in [1.82, 2.24) is 0 Å². The third-order valence-electron chi connectivity index (χ3n) is 4.71. The number of hydrogen-bond acceptors (Lipinski definition) is 3. The van der Waals surface area contributed by atoms with Gasteiger partial charge in [0.2, 0.25) is 0 Å². The fraction of sp³-hybridized carbons (Fsp3) is 0.556. The minimum Gasteiger partial charge on any atom is -0.466 e. The smallest absolute Gasteiger partial charge is 0.314 e. The number of rotatable bonds is 5. The van der Waals surface area contributed by atoms with Crippen molar-refractivity contribution >= 4 is 29.2 Å². The number of hydrogen-bond donors (Lipinski definition) is 2. The van der Waals surface area contributed by atoms with Crippen LogP contribution in [0.5, 0.6) is 0 Å². The first kappa shape index (κ1) is 18.7. The quantitative estimate of drug-likeness (QED) is 0.794. The summed E-state index contributed by atoms with van der Waals surface area (Å²) in [6.07, 6.45) is 1.76. The van der Waals surface area contributed by atoms with Crippen molar-refractivity contribution in [2.24, 2.45) is 5.92 Å². The molecule has 2 N–H and O–H groups in total. The first-order valence-corrected chi connectivity index (χ1v) is 8.89. The molecule has 6 heteroatoms. The Morgan fingerprint density at radius 1 is 1.46 bits per heavy atom. The summed E-state index contributed by atoms with van der Waals surface area (Å²) < 4.78 is 5.13. The highest BCUT2D eigenvalue weighted by molar-refractivity contribution is 6.31. The van der Waals surface area contributed by atoms with Crippen LogP contribution in [0.1, 0.15) is 32.3 Å². The Morgan fingerprint density at radius 2 is 2.21 bits per heavy atom. The summed E-state index contributed by atoms with van der Waals surface area (Å²) in [4.78, 5) is 25.7. The second-order valence-corrected chi connectivity index (χ2v) is 6.73. The van der Waals surface area contributed by atoms with Gasteiger partial charge in [-0.3, -0.25) is 9.59 Å². The van der Waals surface area contributed by atoms with E-state index < -0.39 is 0 Å². The lowest BCUT2D eigenvalue weighted by atomic mass is 9.97. The van der Waals surface area contributed by atoms with Crippen molar-refractivity contribution in [1.29, 1.82) is 0 Å². The van der Waals surface area contributed by atoms with E-state index in [-0.39, 0.29) is 23.8 Å². The molecule has 1 saturated heterocycles. The fourth-order valence-corrected chi connectivity index (χ4v) is 3.29. The van der Waals surface area contributed by atoms with Gasteiger partial charge in [0.1, 0.15) is 5.92 Å². The molecule has 1 heterocycles. The van der Waals surface area contributed by atoms with Crippen LogP contribution in [-0.2, 0) is 14.3 Å². The summed E-state index contributed by atoms with van der Waals surface area (Å²) in [7, 11) is 0. The number of anilines is 1. The number of likely N-dealkylation sites (tertiary alicyclic amines) is 1. The molecular formula is C18H26ClN2O3+. The van der Waals surface area contributed by atoms with E-state index in [1.165, 1.54) is 0 Å². The minimum absolute atomic E-state index is 0.0557. The zero-order valence-corrected chi connectivity index (χ0v) is 15.3. The molecule has 1 aromatic carbocycles. The van der Waals surface area contributed by atoms with Crippen LogP contribution >= 0.6 is 11.6 Å². The van der Waals surface area contributed by atoms with Crippen molar-refractivity contribution in [3.8, 4) is 0 Å². The number of benzene rings is 1. The van der Waals surface area contributed by atoms with Crippen LogP contribution in [0.2, 0.25) is 5.02 Å². The predicted octanol–water partition coefficient (Wildman–Crippen LogP) is 1.83. The van der Waals surface area contributed by atoms with Gasteiger partial charge < -0.3 is 15.0 Å². The Balaban J connectivity index is 1.99. The molecule has 132 valence electrons. The summed E-state index contributed by atoms with van der Waals surface area (Å²) in [6.45, 7) is 7.52. The number of piperidine rings is 1. The number of halogens is 1. The molecule has 24 heavy (non-hydrogen) atoms. The lowest BCUT2D eigenvalue weighted by Gasteiger charge is -2.32. The van der Waals surface area contributed by atoms with Crippen LogP contribution in [0, 0.1) is 12.8 Å². The highest BCUT2D eigenvalue weighted by Crippen LogP contribution is 2.22. The molecule has 5 nitrogen and oxygen atoms in total. The van der Waals surface area contributed by atoms with Crippen LogP contribution in [0.25, 0.3) is 0 Å². The van der Waals surface area contributed by atoms with E-state index in [2.05, 4.69) is 5.32 Å². The first-order valence-electron chi connectivity index (χ1n) is 8.51. The molecule has 1 aromatic rings. The average Bonchev–Trinajstić information content (AvgIpc) is 2.58. The maximum Gasteiger partial charge on any atom is 0.314 e.